The summed E-state index contributed by atoms with van der Waals surface area (Å²) in [5.41, 5.74) is 1.36. The Hall–Kier alpha value is -2.42. The first kappa shape index (κ1) is 21.3. The van der Waals surface area contributed by atoms with Gasteiger partial charge in [-0.25, -0.2) is 8.42 Å². The number of amides is 1. The van der Waals surface area contributed by atoms with Gasteiger partial charge in [-0.3, -0.25) is 4.79 Å². The van der Waals surface area contributed by atoms with Gasteiger partial charge >= 0.3 is 0 Å². The van der Waals surface area contributed by atoms with Crippen molar-refractivity contribution in [3.63, 3.8) is 0 Å². The SMILES string of the molecule is COc1ccccc1CN(CCS(=O)(=O)N1CCNCC1)C(=O)c1ccccc1. The molecule has 0 aliphatic carbocycles. The van der Waals surface area contributed by atoms with E-state index >= 15 is 0 Å². The molecule has 1 heterocycles. The Kier molecular flexibility index (Phi) is 7.24. The van der Waals surface area contributed by atoms with E-state index in [1.54, 1.807) is 36.3 Å². The van der Waals surface area contributed by atoms with Crippen LogP contribution in [-0.2, 0) is 16.6 Å². The maximum absolute atomic E-state index is 13.1. The summed E-state index contributed by atoms with van der Waals surface area (Å²) in [6.07, 6.45) is 0. The highest BCUT2D eigenvalue weighted by molar-refractivity contribution is 7.89. The van der Waals surface area contributed by atoms with E-state index in [0.717, 1.165) is 5.56 Å². The van der Waals surface area contributed by atoms with Crippen LogP contribution in [0.5, 0.6) is 5.75 Å². The van der Waals surface area contributed by atoms with Crippen LogP contribution in [0.4, 0.5) is 0 Å². The van der Waals surface area contributed by atoms with Gasteiger partial charge in [0, 0.05) is 50.4 Å². The van der Waals surface area contributed by atoms with Crippen molar-refractivity contribution in [2.24, 2.45) is 0 Å². The number of sulfonamides is 1. The van der Waals surface area contributed by atoms with Crippen LogP contribution >= 0.6 is 0 Å². The van der Waals surface area contributed by atoms with Gasteiger partial charge in [0.1, 0.15) is 5.75 Å². The number of nitrogens with zero attached hydrogens (tertiary/aromatic N) is 2. The molecule has 7 nitrogen and oxygen atoms in total. The number of hydrogen-bond acceptors (Lipinski definition) is 5. The lowest BCUT2D eigenvalue weighted by Gasteiger charge is -2.29. The lowest BCUT2D eigenvalue weighted by atomic mass is 10.1. The molecule has 0 aromatic heterocycles. The summed E-state index contributed by atoms with van der Waals surface area (Å²) in [7, 11) is -1.85. The topological polar surface area (TPSA) is 79.0 Å². The summed E-state index contributed by atoms with van der Waals surface area (Å²) in [5, 5.41) is 3.15. The second-order valence-corrected chi connectivity index (χ2v) is 8.96. The van der Waals surface area contributed by atoms with Gasteiger partial charge < -0.3 is 15.0 Å². The number of benzene rings is 2. The summed E-state index contributed by atoms with van der Waals surface area (Å²) in [6, 6.07) is 16.4. The van der Waals surface area contributed by atoms with E-state index in [4.69, 9.17) is 4.74 Å². The standard InChI is InChI=1S/C21H27N3O4S/c1-28-20-10-6-5-9-19(20)17-23(21(25)18-7-3-2-4-8-18)15-16-29(26,27)24-13-11-22-12-14-24/h2-10,22H,11-17H2,1H3. The first-order valence-electron chi connectivity index (χ1n) is 9.66. The number of carbonyl (C=O) groups excluding carboxylic acids is 1. The molecule has 1 N–H and O–H groups in total. The molecule has 1 aliphatic rings. The number of hydrogen-bond donors (Lipinski definition) is 1. The Labute approximate surface area is 172 Å². The molecule has 1 fully saturated rings. The van der Waals surface area contributed by atoms with Gasteiger partial charge in [0.2, 0.25) is 10.0 Å². The van der Waals surface area contributed by atoms with Crippen molar-refractivity contribution in [1.82, 2.24) is 14.5 Å². The van der Waals surface area contributed by atoms with Crippen LogP contribution in [-0.4, -0.2) is 69.1 Å². The van der Waals surface area contributed by atoms with E-state index in [2.05, 4.69) is 5.32 Å². The van der Waals surface area contributed by atoms with E-state index in [9.17, 15) is 13.2 Å². The van der Waals surface area contributed by atoms with Gasteiger partial charge in [-0.1, -0.05) is 36.4 Å². The van der Waals surface area contributed by atoms with Crippen LogP contribution in [0.15, 0.2) is 54.6 Å². The van der Waals surface area contributed by atoms with Crippen molar-refractivity contribution in [2.45, 2.75) is 6.54 Å². The molecule has 0 unspecified atom stereocenters. The normalized spacial score (nSPS) is 15.1. The Morgan fingerprint density at radius 2 is 1.72 bits per heavy atom. The average molecular weight is 418 g/mol. The lowest BCUT2D eigenvalue weighted by molar-refractivity contribution is 0.0752. The van der Waals surface area contributed by atoms with Crippen LogP contribution < -0.4 is 10.1 Å². The van der Waals surface area contributed by atoms with Gasteiger partial charge in [0.25, 0.3) is 5.91 Å². The van der Waals surface area contributed by atoms with Crippen LogP contribution in [0, 0.1) is 0 Å². The van der Waals surface area contributed by atoms with Crippen molar-refractivity contribution in [3.05, 3.63) is 65.7 Å². The maximum Gasteiger partial charge on any atom is 0.254 e. The molecule has 0 radical (unpaired) electrons. The second-order valence-electron chi connectivity index (χ2n) is 6.87. The zero-order valence-corrected chi connectivity index (χ0v) is 17.4. The smallest absolute Gasteiger partial charge is 0.254 e. The third kappa shape index (κ3) is 5.56. The number of nitrogens with one attached hydrogen (secondary N) is 1. The first-order chi connectivity index (χ1) is 14.0. The summed E-state index contributed by atoms with van der Waals surface area (Å²) >= 11 is 0. The molecule has 2 aromatic rings. The predicted molar refractivity (Wildman–Crippen MR) is 112 cm³/mol. The summed E-state index contributed by atoms with van der Waals surface area (Å²) in [4.78, 5) is 14.7. The van der Waals surface area contributed by atoms with E-state index in [-0.39, 0.29) is 24.7 Å². The predicted octanol–water partition coefficient (Wildman–Crippen LogP) is 1.57. The Morgan fingerprint density at radius 1 is 1.07 bits per heavy atom. The average Bonchev–Trinajstić information content (AvgIpc) is 2.77. The van der Waals surface area contributed by atoms with Crippen molar-refractivity contribution in [1.29, 1.82) is 0 Å². The fraction of sp³-hybridized carbons (Fsp3) is 0.381. The molecular weight excluding hydrogens is 390 g/mol. The molecule has 0 spiro atoms. The molecule has 0 atom stereocenters. The molecule has 29 heavy (non-hydrogen) atoms. The van der Waals surface area contributed by atoms with E-state index in [1.807, 2.05) is 30.3 Å². The third-order valence-corrected chi connectivity index (χ3v) is 6.80. The molecule has 2 aromatic carbocycles. The molecular formula is C21H27N3O4S. The van der Waals surface area contributed by atoms with E-state index in [0.29, 0.717) is 37.5 Å². The summed E-state index contributed by atoms with van der Waals surface area (Å²) < 4.78 is 32.4. The molecule has 0 saturated carbocycles. The molecule has 3 rings (SSSR count). The third-order valence-electron chi connectivity index (χ3n) is 4.95. The Morgan fingerprint density at radius 3 is 2.41 bits per heavy atom. The molecule has 8 heteroatoms. The monoisotopic (exact) mass is 417 g/mol. The number of para-hydroxylation sites is 1. The largest absolute Gasteiger partial charge is 0.496 e. The fourth-order valence-corrected chi connectivity index (χ4v) is 4.78. The van der Waals surface area contributed by atoms with Gasteiger partial charge in [-0.05, 0) is 18.2 Å². The highest BCUT2D eigenvalue weighted by atomic mass is 32.2. The Balaban J connectivity index is 1.79. The molecule has 1 aliphatic heterocycles. The van der Waals surface area contributed by atoms with Crippen LogP contribution in [0.25, 0.3) is 0 Å². The molecule has 1 saturated heterocycles. The summed E-state index contributed by atoms with van der Waals surface area (Å²) in [6.45, 7) is 2.59. The van der Waals surface area contributed by atoms with Crippen molar-refractivity contribution in [2.75, 3.05) is 45.6 Å². The van der Waals surface area contributed by atoms with Crippen molar-refractivity contribution >= 4 is 15.9 Å². The van der Waals surface area contributed by atoms with Gasteiger partial charge in [0.05, 0.1) is 12.9 Å². The first-order valence-corrected chi connectivity index (χ1v) is 11.3. The van der Waals surface area contributed by atoms with Gasteiger partial charge in [0.15, 0.2) is 0 Å². The minimum Gasteiger partial charge on any atom is -0.496 e. The number of methoxy groups -OCH3 is 1. The second kappa shape index (κ2) is 9.87. The zero-order chi connectivity index (χ0) is 20.7. The number of piperazine rings is 1. The highest BCUT2D eigenvalue weighted by Gasteiger charge is 2.26. The molecule has 156 valence electrons. The highest BCUT2D eigenvalue weighted by Crippen LogP contribution is 2.20. The molecule has 1 amide bonds. The maximum atomic E-state index is 13.1. The fourth-order valence-electron chi connectivity index (χ4n) is 3.33. The van der Waals surface area contributed by atoms with E-state index < -0.39 is 10.0 Å². The number of ether oxygens (including phenoxy) is 1. The number of carbonyl (C=O) groups is 1. The van der Waals surface area contributed by atoms with Gasteiger partial charge in [-0.15, -0.1) is 0 Å². The molecule has 0 bridgehead atoms. The zero-order valence-electron chi connectivity index (χ0n) is 16.6. The van der Waals surface area contributed by atoms with Crippen molar-refractivity contribution < 1.29 is 17.9 Å². The minimum absolute atomic E-state index is 0.109. The van der Waals surface area contributed by atoms with E-state index in [1.165, 1.54) is 4.31 Å². The van der Waals surface area contributed by atoms with Gasteiger partial charge in [-0.2, -0.15) is 4.31 Å². The number of rotatable bonds is 8. The lowest BCUT2D eigenvalue weighted by Crippen LogP contribution is -2.48. The minimum atomic E-state index is -3.43. The van der Waals surface area contributed by atoms with Crippen LogP contribution in [0.1, 0.15) is 15.9 Å². The Bertz CT molecular complexity index is 913. The van der Waals surface area contributed by atoms with Crippen LogP contribution in [0.2, 0.25) is 0 Å². The summed E-state index contributed by atoms with van der Waals surface area (Å²) in [5.74, 6) is 0.358. The van der Waals surface area contributed by atoms with Crippen molar-refractivity contribution in [3.8, 4) is 5.75 Å². The quantitative estimate of drug-likeness (QED) is 0.705. The van der Waals surface area contributed by atoms with Crippen LogP contribution in [0.3, 0.4) is 0 Å².